The summed E-state index contributed by atoms with van der Waals surface area (Å²) in [5, 5.41) is 5.68. The van der Waals surface area contributed by atoms with Crippen LogP contribution in [-0.2, 0) is 0 Å². The molecule has 1 N–H and O–H groups in total. The molecule has 6 aromatic carbocycles. The van der Waals surface area contributed by atoms with E-state index in [0.29, 0.717) is 0 Å². The van der Waals surface area contributed by atoms with Crippen LogP contribution in [0.15, 0.2) is 166 Å². The van der Waals surface area contributed by atoms with Crippen LogP contribution < -0.4 is 5.32 Å². The van der Waals surface area contributed by atoms with E-state index < -0.39 is 0 Å². The van der Waals surface area contributed by atoms with Gasteiger partial charge in [0.15, 0.2) is 6.17 Å². The molecule has 0 saturated carbocycles. The maximum atomic E-state index is 6.67. The number of aliphatic imine (C=N–C) groups is 2. The van der Waals surface area contributed by atoms with Gasteiger partial charge in [-0.1, -0.05) is 127 Å². The average Bonchev–Trinajstić information content (AvgIpc) is 3.48. The third kappa shape index (κ3) is 4.59. The van der Waals surface area contributed by atoms with Crippen LogP contribution in [0.25, 0.3) is 44.2 Å². The number of amidine groups is 2. The largest absolute Gasteiger partial charge is 0.455 e. The second kappa shape index (κ2) is 10.6. The lowest BCUT2D eigenvalue weighted by atomic mass is 9.96. The van der Waals surface area contributed by atoms with Gasteiger partial charge < -0.3 is 9.73 Å². The van der Waals surface area contributed by atoms with Crippen molar-refractivity contribution in [2.45, 2.75) is 6.17 Å². The standard InChI is InChI=1S/C39H27N3O/c1-5-13-26(14-6-1)30-21-24-34-33(25-30)35-32(23-22-31(36(35)43-34)27-15-7-2-8-16-27)39-41-37(28-17-9-3-10-18-28)40-38(42-39)29-19-11-4-12-20-29/h1-25,37H,(H,40,41,42). The average molecular weight is 554 g/mol. The minimum absolute atomic E-state index is 0.380. The Hall–Kier alpha value is -5.74. The Morgan fingerprint density at radius 1 is 0.488 bits per heavy atom. The Bertz CT molecular complexity index is 2130. The molecule has 0 spiro atoms. The summed E-state index contributed by atoms with van der Waals surface area (Å²) in [6, 6.07) is 52.1. The van der Waals surface area contributed by atoms with Crippen LogP contribution in [0.3, 0.4) is 0 Å². The van der Waals surface area contributed by atoms with E-state index in [2.05, 4.69) is 108 Å². The molecule has 7 aromatic rings. The third-order valence-electron chi connectivity index (χ3n) is 7.95. The summed E-state index contributed by atoms with van der Waals surface area (Å²) in [4.78, 5) is 10.2. The van der Waals surface area contributed by atoms with Crippen molar-refractivity contribution in [3.63, 3.8) is 0 Å². The monoisotopic (exact) mass is 553 g/mol. The Morgan fingerprint density at radius 3 is 1.77 bits per heavy atom. The number of benzene rings is 6. The van der Waals surface area contributed by atoms with E-state index in [1.165, 1.54) is 0 Å². The van der Waals surface area contributed by atoms with Crippen LogP contribution in [-0.4, -0.2) is 11.7 Å². The predicted octanol–water partition coefficient (Wildman–Crippen LogP) is 9.42. The van der Waals surface area contributed by atoms with Crippen molar-refractivity contribution in [1.82, 2.24) is 5.32 Å². The molecule has 1 aliphatic heterocycles. The normalized spacial score (nSPS) is 14.7. The van der Waals surface area contributed by atoms with Crippen molar-refractivity contribution in [3.8, 4) is 22.3 Å². The van der Waals surface area contributed by atoms with E-state index in [9.17, 15) is 0 Å². The maximum absolute atomic E-state index is 6.67. The summed E-state index contributed by atoms with van der Waals surface area (Å²) < 4.78 is 6.67. The van der Waals surface area contributed by atoms with Gasteiger partial charge in [-0.15, -0.1) is 0 Å². The van der Waals surface area contributed by atoms with Crippen LogP contribution in [0.5, 0.6) is 0 Å². The van der Waals surface area contributed by atoms with Crippen molar-refractivity contribution in [3.05, 3.63) is 168 Å². The minimum atomic E-state index is -0.380. The van der Waals surface area contributed by atoms with Gasteiger partial charge in [0.25, 0.3) is 0 Å². The SMILES string of the molecule is c1ccc(C2=NC(c3ccccc3)N=C(c3ccc(-c4ccccc4)c4oc5ccc(-c6ccccc6)cc5c34)N2)cc1. The molecule has 4 heteroatoms. The van der Waals surface area contributed by atoms with Gasteiger partial charge in [-0.2, -0.15) is 0 Å². The highest BCUT2D eigenvalue weighted by molar-refractivity contribution is 6.25. The lowest BCUT2D eigenvalue weighted by molar-refractivity contribution is 0.670. The van der Waals surface area contributed by atoms with Gasteiger partial charge in [-0.05, 0) is 46.5 Å². The van der Waals surface area contributed by atoms with Gasteiger partial charge >= 0.3 is 0 Å². The van der Waals surface area contributed by atoms with Crippen molar-refractivity contribution >= 4 is 33.6 Å². The fourth-order valence-electron chi connectivity index (χ4n) is 5.84. The van der Waals surface area contributed by atoms with E-state index in [1.54, 1.807) is 0 Å². The fraction of sp³-hybridized carbons (Fsp3) is 0.0256. The summed E-state index contributed by atoms with van der Waals surface area (Å²) in [6.07, 6.45) is -0.380. The molecule has 204 valence electrons. The topological polar surface area (TPSA) is 49.9 Å². The van der Waals surface area contributed by atoms with Crippen molar-refractivity contribution in [2.75, 3.05) is 0 Å². The van der Waals surface area contributed by atoms with E-state index >= 15 is 0 Å². The number of hydrogen-bond donors (Lipinski definition) is 1. The van der Waals surface area contributed by atoms with Gasteiger partial charge in [0, 0.05) is 27.5 Å². The molecule has 43 heavy (non-hydrogen) atoms. The maximum Gasteiger partial charge on any atom is 0.169 e. The Kier molecular flexibility index (Phi) is 6.16. The zero-order valence-corrected chi connectivity index (χ0v) is 23.3. The molecule has 0 radical (unpaired) electrons. The number of nitrogens with zero attached hydrogens (tertiary/aromatic N) is 2. The van der Waals surface area contributed by atoms with Crippen molar-refractivity contribution < 1.29 is 4.42 Å². The minimum Gasteiger partial charge on any atom is -0.455 e. The van der Waals surface area contributed by atoms with Crippen LogP contribution >= 0.6 is 0 Å². The van der Waals surface area contributed by atoms with Gasteiger partial charge in [0.1, 0.15) is 22.8 Å². The van der Waals surface area contributed by atoms with Crippen molar-refractivity contribution in [1.29, 1.82) is 0 Å². The first-order chi connectivity index (χ1) is 21.3. The van der Waals surface area contributed by atoms with E-state index in [0.717, 1.165) is 72.6 Å². The Balaban J connectivity index is 1.38. The first-order valence-corrected chi connectivity index (χ1v) is 14.5. The molecule has 0 amide bonds. The zero-order valence-electron chi connectivity index (χ0n) is 23.3. The highest BCUT2D eigenvalue weighted by Gasteiger charge is 2.25. The van der Waals surface area contributed by atoms with Gasteiger partial charge in [0.2, 0.25) is 0 Å². The quantitative estimate of drug-likeness (QED) is 0.231. The molecular formula is C39H27N3O. The van der Waals surface area contributed by atoms with Crippen LogP contribution in [0.1, 0.15) is 22.9 Å². The lowest BCUT2D eigenvalue weighted by Gasteiger charge is -2.23. The highest BCUT2D eigenvalue weighted by Crippen LogP contribution is 2.40. The molecule has 4 nitrogen and oxygen atoms in total. The highest BCUT2D eigenvalue weighted by atomic mass is 16.3. The summed E-state index contributed by atoms with van der Waals surface area (Å²) >= 11 is 0. The molecule has 0 aliphatic carbocycles. The van der Waals surface area contributed by atoms with Gasteiger partial charge in [0.05, 0.1) is 0 Å². The van der Waals surface area contributed by atoms with Gasteiger partial charge in [-0.3, -0.25) is 0 Å². The molecule has 8 rings (SSSR count). The number of hydrogen-bond acceptors (Lipinski definition) is 4. The first kappa shape index (κ1) is 25.0. The summed E-state index contributed by atoms with van der Waals surface area (Å²) in [6.45, 7) is 0. The fourth-order valence-corrected chi connectivity index (χ4v) is 5.84. The van der Waals surface area contributed by atoms with E-state index in [4.69, 9.17) is 14.4 Å². The number of nitrogens with one attached hydrogen (secondary N) is 1. The molecule has 1 aliphatic rings. The lowest BCUT2D eigenvalue weighted by Crippen LogP contribution is -2.36. The molecule has 1 unspecified atom stereocenters. The van der Waals surface area contributed by atoms with Crippen LogP contribution in [0.2, 0.25) is 0 Å². The second-order valence-electron chi connectivity index (χ2n) is 10.6. The molecule has 1 atom stereocenters. The third-order valence-corrected chi connectivity index (χ3v) is 7.95. The zero-order chi connectivity index (χ0) is 28.6. The van der Waals surface area contributed by atoms with Crippen LogP contribution in [0, 0.1) is 0 Å². The second-order valence-corrected chi connectivity index (χ2v) is 10.6. The molecule has 0 bridgehead atoms. The predicted molar refractivity (Wildman–Crippen MR) is 176 cm³/mol. The van der Waals surface area contributed by atoms with Crippen molar-refractivity contribution in [2.24, 2.45) is 9.98 Å². The number of furan rings is 1. The van der Waals surface area contributed by atoms with Crippen LogP contribution in [0.4, 0.5) is 0 Å². The first-order valence-electron chi connectivity index (χ1n) is 14.5. The molecule has 0 saturated heterocycles. The molecule has 1 aromatic heterocycles. The van der Waals surface area contributed by atoms with E-state index in [-0.39, 0.29) is 6.17 Å². The number of fused-ring (bicyclic) bond motifs is 3. The summed E-state index contributed by atoms with van der Waals surface area (Å²) in [5.41, 5.74) is 9.16. The van der Waals surface area contributed by atoms with E-state index in [1.807, 2.05) is 48.5 Å². The molecular weight excluding hydrogens is 526 g/mol. The summed E-state index contributed by atoms with van der Waals surface area (Å²) in [5.74, 6) is 1.55. The molecule has 2 heterocycles. The summed E-state index contributed by atoms with van der Waals surface area (Å²) in [7, 11) is 0. The van der Waals surface area contributed by atoms with Gasteiger partial charge in [-0.25, -0.2) is 9.98 Å². The smallest absolute Gasteiger partial charge is 0.169 e. The Morgan fingerprint density at radius 2 is 1.07 bits per heavy atom. The Labute approximate surface area is 249 Å². The molecule has 0 fully saturated rings. The number of rotatable bonds is 5.